The number of morpholine rings is 1. The number of ether oxygens (including phenoxy) is 1. The van der Waals surface area contributed by atoms with Gasteiger partial charge in [0.25, 0.3) is 5.91 Å². The van der Waals surface area contributed by atoms with Gasteiger partial charge in [0, 0.05) is 18.5 Å². The third-order valence-corrected chi connectivity index (χ3v) is 3.08. The van der Waals surface area contributed by atoms with Crippen molar-refractivity contribution in [3.8, 4) is 0 Å². The molecule has 15 heavy (non-hydrogen) atoms. The molecule has 2 rings (SSSR count). The van der Waals surface area contributed by atoms with E-state index in [4.69, 9.17) is 9.84 Å². The molecule has 1 N–H and O–H groups in total. The largest absolute Gasteiger partial charge is 0.394 e. The van der Waals surface area contributed by atoms with E-state index in [1.54, 1.807) is 4.90 Å². The molecular formula is C10H13NO3S. The summed E-state index contributed by atoms with van der Waals surface area (Å²) in [5.74, 6) is 0.0259. The Labute approximate surface area is 92.1 Å². The Morgan fingerprint density at radius 1 is 1.73 bits per heavy atom. The van der Waals surface area contributed by atoms with Gasteiger partial charge in [-0.3, -0.25) is 4.79 Å². The van der Waals surface area contributed by atoms with Crippen molar-refractivity contribution in [2.75, 3.05) is 26.3 Å². The predicted octanol–water partition coefficient (Wildman–Crippen LogP) is 0.581. The van der Waals surface area contributed by atoms with Crippen LogP contribution in [0.4, 0.5) is 0 Å². The summed E-state index contributed by atoms with van der Waals surface area (Å²) >= 11 is 1.51. The zero-order valence-corrected chi connectivity index (χ0v) is 9.07. The van der Waals surface area contributed by atoms with Gasteiger partial charge in [0.2, 0.25) is 0 Å². The van der Waals surface area contributed by atoms with Crippen LogP contribution in [0.2, 0.25) is 0 Å². The molecule has 1 aromatic heterocycles. The predicted molar refractivity (Wildman–Crippen MR) is 57.0 cm³/mol. The highest BCUT2D eigenvalue weighted by Gasteiger charge is 2.24. The molecule has 1 atom stereocenters. The van der Waals surface area contributed by atoms with Gasteiger partial charge in [0.1, 0.15) is 0 Å². The van der Waals surface area contributed by atoms with Gasteiger partial charge in [-0.25, -0.2) is 0 Å². The Hall–Kier alpha value is -0.910. The molecule has 1 unspecified atom stereocenters. The molecule has 1 aliphatic heterocycles. The van der Waals surface area contributed by atoms with Crippen LogP contribution in [0.3, 0.4) is 0 Å². The first-order valence-electron chi connectivity index (χ1n) is 4.85. The lowest BCUT2D eigenvalue weighted by Crippen LogP contribution is -2.46. The summed E-state index contributed by atoms with van der Waals surface area (Å²) in [4.78, 5) is 13.6. The normalized spacial score (nSPS) is 21.7. The van der Waals surface area contributed by atoms with Gasteiger partial charge in [-0.1, -0.05) is 0 Å². The van der Waals surface area contributed by atoms with E-state index in [1.807, 2.05) is 16.8 Å². The Kier molecular flexibility index (Phi) is 3.35. The maximum atomic E-state index is 11.9. The van der Waals surface area contributed by atoms with Gasteiger partial charge in [-0.2, -0.15) is 11.3 Å². The molecule has 0 radical (unpaired) electrons. The topological polar surface area (TPSA) is 49.8 Å². The van der Waals surface area contributed by atoms with E-state index in [0.717, 1.165) is 5.56 Å². The van der Waals surface area contributed by atoms with Crippen LogP contribution in [0.15, 0.2) is 16.8 Å². The second-order valence-electron chi connectivity index (χ2n) is 3.44. The van der Waals surface area contributed by atoms with Crippen molar-refractivity contribution in [3.63, 3.8) is 0 Å². The fraction of sp³-hybridized carbons (Fsp3) is 0.500. The average Bonchev–Trinajstić information content (AvgIpc) is 2.81. The highest BCUT2D eigenvalue weighted by Crippen LogP contribution is 2.12. The van der Waals surface area contributed by atoms with Gasteiger partial charge in [-0.05, 0) is 11.4 Å². The minimum absolute atomic E-state index is 0.0259. The van der Waals surface area contributed by atoms with Crippen molar-refractivity contribution < 1.29 is 14.6 Å². The van der Waals surface area contributed by atoms with Crippen LogP contribution in [0.5, 0.6) is 0 Å². The van der Waals surface area contributed by atoms with Crippen molar-refractivity contribution in [1.29, 1.82) is 0 Å². The average molecular weight is 227 g/mol. The molecule has 0 spiro atoms. The number of thiophene rings is 1. The number of amides is 1. The van der Waals surface area contributed by atoms with Crippen LogP contribution in [-0.2, 0) is 4.74 Å². The van der Waals surface area contributed by atoms with E-state index < -0.39 is 0 Å². The number of carbonyl (C=O) groups is 1. The smallest absolute Gasteiger partial charge is 0.254 e. The van der Waals surface area contributed by atoms with E-state index in [1.165, 1.54) is 11.3 Å². The van der Waals surface area contributed by atoms with E-state index in [0.29, 0.717) is 19.7 Å². The first-order chi connectivity index (χ1) is 7.31. The summed E-state index contributed by atoms with van der Waals surface area (Å²) < 4.78 is 5.28. The van der Waals surface area contributed by atoms with Crippen molar-refractivity contribution in [2.45, 2.75) is 6.10 Å². The van der Waals surface area contributed by atoms with Crippen molar-refractivity contribution >= 4 is 17.2 Å². The molecule has 0 saturated carbocycles. The van der Waals surface area contributed by atoms with E-state index in [9.17, 15) is 4.79 Å². The number of hydrogen-bond donors (Lipinski definition) is 1. The molecule has 1 saturated heterocycles. The highest BCUT2D eigenvalue weighted by atomic mass is 32.1. The number of rotatable bonds is 2. The van der Waals surface area contributed by atoms with Gasteiger partial charge in [0.15, 0.2) is 0 Å². The van der Waals surface area contributed by atoms with Crippen LogP contribution in [0.25, 0.3) is 0 Å². The second kappa shape index (κ2) is 4.74. The van der Waals surface area contributed by atoms with E-state index >= 15 is 0 Å². The molecule has 2 heterocycles. The van der Waals surface area contributed by atoms with Crippen molar-refractivity contribution in [3.05, 3.63) is 22.4 Å². The highest BCUT2D eigenvalue weighted by molar-refractivity contribution is 7.08. The van der Waals surface area contributed by atoms with Crippen LogP contribution < -0.4 is 0 Å². The lowest BCUT2D eigenvalue weighted by Gasteiger charge is -2.31. The molecule has 82 valence electrons. The Morgan fingerprint density at radius 3 is 3.27 bits per heavy atom. The molecule has 1 aromatic rings. The van der Waals surface area contributed by atoms with Gasteiger partial charge >= 0.3 is 0 Å². The summed E-state index contributed by atoms with van der Waals surface area (Å²) in [5, 5.41) is 12.7. The van der Waals surface area contributed by atoms with E-state index in [-0.39, 0.29) is 18.6 Å². The number of carbonyl (C=O) groups excluding carboxylic acids is 1. The van der Waals surface area contributed by atoms with Crippen LogP contribution >= 0.6 is 11.3 Å². The van der Waals surface area contributed by atoms with Gasteiger partial charge < -0.3 is 14.7 Å². The molecule has 0 aliphatic carbocycles. The molecule has 5 heteroatoms. The quantitative estimate of drug-likeness (QED) is 0.804. The summed E-state index contributed by atoms with van der Waals surface area (Å²) in [7, 11) is 0. The Balaban J connectivity index is 2.01. The van der Waals surface area contributed by atoms with Crippen LogP contribution in [-0.4, -0.2) is 48.3 Å². The van der Waals surface area contributed by atoms with Crippen LogP contribution in [0, 0.1) is 0 Å². The Morgan fingerprint density at radius 2 is 2.60 bits per heavy atom. The zero-order valence-electron chi connectivity index (χ0n) is 8.26. The molecule has 0 bridgehead atoms. The van der Waals surface area contributed by atoms with E-state index in [2.05, 4.69) is 0 Å². The summed E-state index contributed by atoms with van der Waals surface area (Å²) in [5.41, 5.74) is 0.721. The molecule has 1 amide bonds. The monoisotopic (exact) mass is 227 g/mol. The van der Waals surface area contributed by atoms with Crippen LogP contribution in [0.1, 0.15) is 10.4 Å². The minimum atomic E-state index is -0.235. The van der Waals surface area contributed by atoms with Gasteiger partial charge in [0.05, 0.1) is 24.9 Å². The number of aliphatic hydroxyl groups is 1. The molecule has 1 fully saturated rings. The first kappa shape index (κ1) is 10.6. The van der Waals surface area contributed by atoms with Crippen molar-refractivity contribution in [1.82, 2.24) is 4.90 Å². The maximum Gasteiger partial charge on any atom is 0.254 e. The maximum absolute atomic E-state index is 11.9. The lowest BCUT2D eigenvalue weighted by atomic mass is 10.2. The minimum Gasteiger partial charge on any atom is -0.394 e. The first-order valence-corrected chi connectivity index (χ1v) is 5.79. The standard InChI is InChI=1S/C10H13NO3S/c12-6-9-5-11(2-3-14-9)10(13)8-1-4-15-7-8/h1,4,7,9,12H,2-3,5-6H2. The summed E-state index contributed by atoms with van der Waals surface area (Å²) in [6.45, 7) is 1.55. The Bertz CT molecular complexity index is 325. The molecular weight excluding hydrogens is 214 g/mol. The molecule has 1 aliphatic rings. The molecule has 4 nitrogen and oxygen atoms in total. The number of nitrogens with zero attached hydrogens (tertiary/aromatic N) is 1. The third kappa shape index (κ3) is 2.37. The zero-order chi connectivity index (χ0) is 10.7. The number of hydrogen-bond acceptors (Lipinski definition) is 4. The fourth-order valence-corrected chi connectivity index (χ4v) is 2.21. The van der Waals surface area contributed by atoms with Crippen molar-refractivity contribution in [2.24, 2.45) is 0 Å². The fourth-order valence-electron chi connectivity index (χ4n) is 1.58. The summed E-state index contributed by atoms with van der Waals surface area (Å²) in [6.07, 6.45) is -0.235. The van der Waals surface area contributed by atoms with Gasteiger partial charge in [-0.15, -0.1) is 0 Å². The lowest BCUT2D eigenvalue weighted by molar-refractivity contribution is -0.0447. The molecule has 0 aromatic carbocycles. The number of aliphatic hydroxyl groups excluding tert-OH is 1. The summed E-state index contributed by atoms with van der Waals surface area (Å²) in [6, 6.07) is 1.82. The second-order valence-corrected chi connectivity index (χ2v) is 4.22. The third-order valence-electron chi connectivity index (χ3n) is 2.40. The SMILES string of the molecule is O=C(c1ccsc1)N1CCOC(CO)C1.